The van der Waals surface area contributed by atoms with E-state index in [9.17, 15) is 0 Å². The van der Waals surface area contributed by atoms with Gasteiger partial charge in [-0.2, -0.15) is 5.10 Å². The van der Waals surface area contributed by atoms with Gasteiger partial charge in [-0.25, -0.2) is 0 Å². The van der Waals surface area contributed by atoms with E-state index in [2.05, 4.69) is 34.2 Å². The molecule has 2 aromatic rings. The molecule has 4 nitrogen and oxygen atoms in total. The normalized spacial score (nSPS) is 10.6. The predicted molar refractivity (Wildman–Crippen MR) is 77.1 cm³/mol. The van der Waals surface area contributed by atoms with Crippen LogP contribution >= 0.6 is 12.2 Å². The zero-order valence-electron chi connectivity index (χ0n) is 11.0. The minimum absolute atomic E-state index is 0.646. The number of benzene rings is 1. The molecule has 1 aromatic heterocycles. The zero-order chi connectivity index (χ0) is 13.1. The summed E-state index contributed by atoms with van der Waals surface area (Å²) in [5, 5.41) is 7.19. The Morgan fingerprint density at radius 1 is 1.33 bits per heavy atom. The molecule has 0 fully saturated rings. The van der Waals surface area contributed by atoms with Crippen molar-refractivity contribution in [1.82, 2.24) is 14.8 Å². The average Bonchev–Trinajstić information content (AvgIpc) is 2.71. The largest absolute Gasteiger partial charge is 0.376 e. The molecular weight excluding hydrogens is 244 g/mol. The Kier molecular flexibility index (Phi) is 3.81. The number of hydrogen-bond acceptors (Lipinski definition) is 3. The summed E-state index contributed by atoms with van der Waals surface area (Å²) in [6, 6.07) is 8.20. The number of H-pyrrole nitrogens is 1. The summed E-state index contributed by atoms with van der Waals surface area (Å²) >= 11 is 5.34. The summed E-state index contributed by atoms with van der Waals surface area (Å²) in [6.07, 6.45) is 1.96. The molecule has 0 saturated carbocycles. The summed E-state index contributed by atoms with van der Waals surface area (Å²) in [5.41, 5.74) is 2.21. The van der Waals surface area contributed by atoms with Crippen LogP contribution in [0.5, 0.6) is 0 Å². The van der Waals surface area contributed by atoms with Gasteiger partial charge >= 0.3 is 0 Å². The third-order valence-corrected chi connectivity index (χ3v) is 3.09. The highest BCUT2D eigenvalue weighted by molar-refractivity contribution is 7.71. The second-order valence-corrected chi connectivity index (χ2v) is 4.80. The molecule has 0 atom stereocenters. The van der Waals surface area contributed by atoms with E-state index >= 15 is 0 Å². The second-order valence-electron chi connectivity index (χ2n) is 4.41. The number of nitrogens with zero attached hydrogens (tertiary/aromatic N) is 3. The van der Waals surface area contributed by atoms with Crippen molar-refractivity contribution in [2.45, 2.75) is 19.8 Å². The van der Waals surface area contributed by atoms with Crippen LogP contribution < -0.4 is 4.90 Å². The molecule has 2 rings (SSSR count). The molecule has 1 aromatic carbocycles. The summed E-state index contributed by atoms with van der Waals surface area (Å²) in [6.45, 7) is 2.14. The molecule has 0 saturated heterocycles. The monoisotopic (exact) mass is 262 g/mol. The number of aryl methyl sites for hydroxylation is 1. The fraction of sp³-hybridized carbons (Fsp3) is 0.385. The highest BCUT2D eigenvalue weighted by Gasteiger charge is 2.11. The van der Waals surface area contributed by atoms with Gasteiger partial charge in [-0.05, 0) is 30.8 Å². The molecule has 1 N–H and O–H groups in total. The molecule has 0 aliphatic carbocycles. The molecule has 96 valence electrons. The SMILES string of the molecule is CCCc1n[nH]c(=S)n1-c1ccccc1N(C)C. The second kappa shape index (κ2) is 5.35. The Morgan fingerprint density at radius 2 is 2.06 bits per heavy atom. The summed E-state index contributed by atoms with van der Waals surface area (Å²) in [7, 11) is 4.06. The minimum Gasteiger partial charge on any atom is -0.376 e. The molecule has 0 amide bonds. The van der Waals surface area contributed by atoms with E-state index in [1.165, 1.54) is 0 Å². The molecule has 18 heavy (non-hydrogen) atoms. The molecule has 0 aliphatic heterocycles. The molecule has 0 bridgehead atoms. The van der Waals surface area contributed by atoms with Crippen LogP contribution in [0.25, 0.3) is 5.69 Å². The number of aromatic amines is 1. The first-order chi connectivity index (χ1) is 8.65. The van der Waals surface area contributed by atoms with Crippen molar-refractivity contribution in [3.05, 3.63) is 34.9 Å². The van der Waals surface area contributed by atoms with Crippen LogP contribution in [0, 0.1) is 4.77 Å². The van der Waals surface area contributed by atoms with Crippen LogP contribution in [0.2, 0.25) is 0 Å². The van der Waals surface area contributed by atoms with Crippen molar-refractivity contribution < 1.29 is 0 Å². The topological polar surface area (TPSA) is 36.9 Å². The van der Waals surface area contributed by atoms with Crippen LogP contribution in [0.3, 0.4) is 0 Å². The molecule has 0 aliphatic rings. The van der Waals surface area contributed by atoms with Crippen LogP contribution in [-0.2, 0) is 6.42 Å². The fourth-order valence-electron chi connectivity index (χ4n) is 2.00. The summed E-state index contributed by atoms with van der Waals surface area (Å²) in [4.78, 5) is 2.08. The van der Waals surface area contributed by atoms with Gasteiger partial charge in [0.25, 0.3) is 0 Å². The van der Waals surface area contributed by atoms with Gasteiger partial charge in [0, 0.05) is 20.5 Å². The first kappa shape index (κ1) is 12.8. The lowest BCUT2D eigenvalue weighted by Crippen LogP contribution is -2.13. The van der Waals surface area contributed by atoms with Crippen LogP contribution in [0.1, 0.15) is 19.2 Å². The number of hydrogen-bond donors (Lipinski definition) is 1. The molecule has 0 radical (unpaired) electrons. The molecule has 5 heteroatoms. The van der Waals surface area contributed by atoms with Crippen molar-refractivity contribution in [1.29, 1.82) is 0 Å². The lowest BCUT2D eigenvalue weighted by atomic mass is 10.2. The van der Waals surface area contributed by atoms with Crippen molar-refractivity contribution in [3.8, 4) is 5.69 Å². The van der Waals surface area contributed by atoms with Crippen molar-refractivity contribution in [3.63, 3.8) is 0 Å². The van der Waals surface area contributed by atoms with Crippen LogP contribution in [0.4, 0.5) is 5.69 Å². The quantitative estimate of drug-likeness (QED) is 0.861. The van der Waals surface area contributed by atoms with Gasteiger partial charge in [0.2, 0.25) is 0 Å². The molecular formula is C13H18N4S. The van der Waals surface area contributed by atoms with E-state index in [4.69, 9.17) is 12.2 Å². The van der Waals surface area contributed by atoms with Crippen LogP contribution in [-0.4, -0.2) is 28.9 Å². The first-order valence-electron chi connectivity index (χ1n) is 6.08. The van der Waals surface area contributed by atoms with E-state index in [0.29, 0.717) is 4.77 Å². The lowest BCUT2D eigenvalue weighted by Gasteiger charge is -2.18. The van der Waals surface area contributed by atoms with Crippen molar-refractivity contribution in [2.75, 3.05) is 19.0 Å². The van der Waals surface area contributed by atoms with Crippen molar-refractivity contribution >= 4 is 17.9 Å². The van der Waals surface area contributed by atoms with Gasteiger partial charge in [0.1, 0.15) is 5.82 Å². The average molecular weight is 262 g/mol. The van der Waals surface area contributed by atoms with Crippen LogP contribution in [0.15, 0.2) is 24.3 Å². The summed E-state index contributed by atoms with van der Waals surface area (Å²) in [5.74, 6) is 0.983. The number of anilines is 1. The number of para-hydroxylation sites is 2. The van der Waals surface area contributed by atoms with Gasteiger partial charge in [0.15, 0.2) is 4.77 Å². The minimum atomic E-state index is 0.646. The standard InChI is InChI=1S/C13H18N4S/c1-4-7-12-14-15-13(18)17(12)11-9-6-5-8-10(11)16(2)3/h5-6,8-9H,4,7H2,1-3H3,(H,15,18). The Bertz CT molecular complexity index is 583. The van der Waals surface area contributed by atoms with Crippen molar-refractivity contribution in [2.24, 2.45) is 0 Å². The number of aromatic nitrogens is 3. The van der Waals surface area contributed by atoms with Gasteiger partial charge in [-0.3, -0.25) is 9.67 Å². The summed E-state index contributed by atoms with van der Waals surface area (Å²) < 4.78 is 2.67. The zero-order valence-corrected chi connectivity index (χ0v) is 11.8. The van der Waals surface area contributed by atoms with Gasteiger partial charge in [-0.15, -0.1) is 0 Å². The molecule has 0 unspecified atom stereocenters. The molecule has 0 spiro atoms. The van der Waals surface area contributed by atoms with E-state index in [0.717, 1.165) is 30.0 Å². The fourth-order valence-corrected chi connectivity index (χ4v) is 2.25. The van der Waals surface area contributed by atoms with Gasteiger partial charge in [-0.1, -0.05) is 19.1 Å². The first-order valence-corrected chi connectivity index (χ1v) is 6.49. The number of nitrogens with one attached hydrogen (secondary N) is 1. The lowest BCUT2D eigenvalue weighted by molar-refractivity contribution is 0.800. The third kappa shape index (κ3) is 2.31. The maximum atomic E-state index is 5.34. The van der Waals surface area contributed by atoms with Gasteiger partial charge < -0.3 is 4.90 Å². The Balaban J connectivity index is 2.61. The van der Waals surface area contributed by atoms with E-state index in [-0.39, 0.29) is 0 Å². The van der Waals surface area contributed by atoms with E-state index in [1.807, 2.05) is 30.8 Å². The Morgan fingerprint density at radius 3 is 2.72 bits per heavy atom. The van der Waals surface area contributed by atoms with E-state index in [1.54, 1.807) is 0 Å². The third-order valence-electron chi connectivity index (χ3n) is 2.82. The predicted octanol–water partition coefficient (Wildman–Crippen LogP) is 2.95. The van der Waals surface area contributed by atoms with Gasteiger partial charge in [0.05, 0.1) is 11.4 Å². The smallest absolute Gasteiger partial charge is 0.199 e. The maximum absolute atomic E-state index is 5.34. The Hall–Kier alpha value is -1.62. The molecule has 1 heterocycles. The van der Waals surface area contributed by atoms with E-state index < -0.39 is 0 Å². The highest BCUT2D eigenvalue weighted by Crippen LogP contribution is 2.24. The Labute approximate surface area is 112 Å². The highest BCUT2D eigenvalue weighted by atomic mass is 32.1. The maximum Gasteiger partial charge on any atom is 0.199 e. The number of rotatable bonds is 4.